The van der Waals surface area contributed by atoms with E-state index in [-0.39, 0.29) is 11.5 Å². The maximum Gasteiger partial charge on any atom is 0.409 e. The third-order valence-corrected chi connectivity index (χ3v) is 2.36. The van der Waals surface area contributed by atoms with Gasteiger partial charge in [-0.1, -0.05) is 0 Å². The molecular weight excluding hydrogens is 283 g/mol. The Hall–Kier alpha value is -2.53. The molecule has 0 aliphatic rings. The Balaban J connectivity index is 2.16. The summed E-state index contributed by atoms with van der Waals surface area (Å²) < 4.78 is 37.6. The van der Waals surface area contributed by atoms with Gasteiger partial charge < -0.3 is 0 Å². The molecule has 9 nitrogen and oxygen atoms in total. The summed E-state index contributed by atoms with van der Waals surface area (Å²) in [7, 11) is 0. The Morgan fingerprint density at radius 3 is 2.75 bits per heavy atom. The van der Waals surface area contributed by atoms with E-state index >= 15 is 0 Å². The van der Waals surface area contributed by atoms with Gasteiger partial charge in [-0.3, -0.25) is 14.8 Å². The fraction of sp³-hybridized carbons (Fsp3) is 0.500. The SMILES string of the molecule is CC(c1nnn(CC(F)(F)F)n1)n1cc([N+](=O)[O-])cn1. The van der Waals surface area contributed by atoms with Gasteiger partial charge in [0.15, 0.2) is 12.4 Å². The van der Waals surface area contributed by atoms with Gasteiger partial charge in [-0.2, -0.15) is 23.1 Å². The number of nitro groups is 1. The third-order valence-electron chi connectivity index (χ3n) is 2.36. The number of rotatable bonds is 4. The fourth-order valence-electron chi connectivity index (χ4n) is 1.40. The smallest absolute Gasteiger partial charge is 0.258 e. The molecule has 12 heteroatoms. The summed E-state index contributed by atoms with van der Waals surface area (Å²) in [4.78, 5) is 10.3. The van der Waals surface area contributed by atoms with E-state index in [0.717, 1.165) is 12.4 Å². The Morgan fingerprint density at radius 1 is 1.50 bits per heavy atom. The molecule has 0 saturated carbocycles. The molecule has 1 atom stereocenters. The van der Waals surface area contributed by atoms with Crippen LogP contribution in [0.4, 0.5) is 18.9 Å². The monoisotopic (exact) mass is 291 g/mol. The van der Waals surface area contributed by atoms with Gasteiger partial charge in [0, 0.05) is 0 Å². The number of aromatic nitrogens is 6. The van der Waals surface area contributed by atoms with Crippen LogP contribution in [-0.2, 0) is 6.54 Å². The molecule has 0 N–H and O–H groups in total. The van der Waals surface area contributed by atoms with E-state index in [0.29, 0.717) is 4.80 Å². The molecule has 1 unspecified atom stereocenters. The van der Waals surface area contributed by atoms with Crippen molar-refractivity contribution in [3.05, 3.63) is 28.3 Å². The first-order chi connectivity index (χ1) is 9.26. The van der Waals surface area contributed by atoms with Crippen molar-refractivity contribution in [3.8, 4) is 0 Å². The van der Waals surface area contributed by atoms with Crippen molar-refractivity contribution in [3.63, 3.8) is 0 Å². The lowest BCUT2D eigenvalue weighted by Crippen LogP contribution is -2.20. The van der Waals surface area contributed by atoms with Crippen molar-refractivity contribution in [1.29, 1.82) is 0 Å². The summed E-state index contributed by atoms with van der Waals surface area (Å²) in [6, 6.07) is -0.675. The third kappa shape index (κ3) is 3.07. The van der Waals surface area contributed by atoms with Crippen molar-refractivity contribution < 1.29 is 18.1 Å². The van der Waals surface area contributed by atoms with Gasteiger partial charge in [0.1, 0.15) is 18.4 Å². The van der Waals surface area contributed by atoms with Crippen molar-refractivity contribution in [2.45, 2.75) is 25.7 Å². The van der Waals surface area contributed by atoms with Crippen LogP contribution < -0.4 is 0 Å². The van der Waals surface area contributed by atoms with E-state index < -0.39 is 23.7 Å². The van der Waals surface area contributed by atoms with Crippen molar-refractivity contribution >= 4 is 5.69 Å². The van der Waals surface area contributed by atoms with E-state index in [9.17, 15) is 23.3 Å². The topological polar surface area (TPSA) is 105 Å². The summed E-state index contributed by atoms with van der Waals surface area (Å²) in [6.07, 6.45) is -2.29. The average Bonchev–Trinajstić information content (AvgIpc) is 2.93. The lowest BCUT2D eigenvalue weighted by atomic mass is 10.3. The minimum atomic E-state index is -4.45. The molecule has 0 spiro atoms. The Labute approximate surface area is 109 Å². The molecule has 0 fully saturated rings. The zero-order valence-electron chi connectivity index (χ0n) is 10.0. The van der Waals surface area contributed by atoms with Crippen LogP contribution in [0.15, 0.2) is 12.4 Å². The van der Waals surface area contributed by atoms with Gasteiger partial charge >= 0.3 is 11.9 Å². The van der Waals surface area contributed by atoms with Crippen LogP contribution in [0.3, 0.4) is 0 Å². The number of tetrazole rings is 1. The van der Waals surface area contributed by atoms with Crippen molar-refractivity contribution in [2.24, 2.45) is 0 Å². The maximum atomic E-state index is 12.1. The highest BCUT2D eigenvalue weighted by atomic mass is 19.4. The van der Waals surface area contributed by atoms with Crippen LogP contribution in [0.2, 0.25) is 0 Å². The summed E-state index contributed by atoms with van der Waals surface area (Å²) in [6.45, 7) is 0.178. The molecule has 0 bridgehead atoms. The second-order valence-corrected chi connectivity index (χ2v) is 3.90. The second kappa shape index (κ2) is 4.86. The standard InChI is InChI=1S/C8H8F3N7O2/c1-5(16-3-6(2-12-16)18(19)20)7-13-15-17(14-7)4-8(9,10)11/h2-3,5H,4H2,1H3. The molecule has 2 rings (SSSR count). The molecule has 0 aromatic carbocycles. The van der Waals surface area contributed by atoms with Crippen molar-refractivity contribution in [2.75, 3.05) is 0 Å². The number of hydrogen-bond donors (Lipinski definition) is 0. The van der Waals surface area contributed by atoms with Crippen LogP contribution in [0.1, 0.15) is 18.8 Å². The highest BCUT2D eigenvalue weighted by Crippen LogP contribution is 2.18. The van der Waals surface area contributed by atoms with Gasteiger partial charge in [0.05, 0.1) is 4.92 Å². The quantitative estimate of drug-likeness (QED) is 0.613. The van der Waals surface area contributed by atoms with Crippen molar-refractivity contribution in [1.82, 2.24) is 30.0 Å². The summed E-state index contributed by atoms with van der Waals surface area (Å²) in [5, 5.41) is 24.6. The zero-order valence-corrected chi connectivity index (χ0v) is 10.0. The van der Waals surface area contributed by atoms with Crippen LogP contribution in [0.5, 0.6) is 0 Å². The normalized spacial score (nSPS) is 13.4. The summed E-state index contributed by atoms with van der Waals surface area (Å²) in [5.41, 5.74) is -0.237. The first-order valence-corrected chi connectivity index (χ1v) is 5.29. The number of nitrogens with zero attached hydrogens (tertiary/aromatic N) is 7. The first kappa shape index (κ1) is 13.9. The van der Waals surface area contributed by atoms with E-state index in [2.05, 4.69) is 20.5 Å². The maximum absolute atomic E-state index is 12.1. The highest BCUT2D eigenvalue weighted by molar-refractivity contribution is 5.21. The number of halogens is 3. The molecular formula is C8H8F3N7O2. The van der Waals surface area contributed by atoms with Gasteiger partial charge in [0.2, 0.25) is 0 Å². The second-order valence-electron chi connectivity index (χ2n) is 3.90. The van der Waals surface area contributed by atoms with Crippen LogP contribution in [-0.4, -0.2) is 41.1 Å². The van der Waals surface area contributed by atoms with E-state index in [1.165, 1.54) is 11.6 Å². The predicted octanol–water partition coefficient (Wildman–Crippen LogP) is 0.949. The molecule has 2 aromatic rings. The lowest BCUT2D eigenvalue weighted by molar-refractivity contribution is -0.385. The summed E-state index contributed by atoms with van der Waals surface area (Å²) >= 11 is 0. The average molecular weight is 291 g/mol. The molecule has 2 heterocycles. The van der Waals surface area contributed by atoms with Gasteiger partial charge in [0.25, 0.3) is 0 Å². The number of hydrogen-bond acceptors (Lipinski definition) is 6. The largest absolute Gasteiger partial charge is 0.409 e. The molecule has 2 aromatic heterocycles. The van der Waals surface area contributed by atoms with Crippen LogP contribution in [0, 0.1) is 10.1 Å². The van der Waals surface area contributed by atoms with E-state index in [1.54, 1.807) is 0 Å². The van der Waals surface area contributed by atoms with Gasteiger partial charge in [-0.25, -0.2) is 0 Å². The Morgan fingerprint density at radius 2 is 2.20 bits per heavy atom. The molecule has 0 amide bonds. The van der Waals surface area contributed by atoms with Gasteiger partial charge in [-0.05, 0) is 12.1 Å². The summed E-state index contributed by atoms with van der Waals surface area (Å²) in [5.74, 6) is -0.0211. The lowest BCUT2D eigenvalue weighted by Gasteiger charge is -2.06. The van der Waals surface area contributed by atoms with E-state index in [1.807, 2.05) is 0 Å². The predicted molar refractivity (Wildman–Crippen MR) is 56.6 cm³/mol. The van der Waals surface area contributed by atoms with Crippen LogP contribution in [0.25, 0.3) is 0 Å². The molecule has 0 saturated heterocycles. The molecule has 0 radical (unpaired) electrons. The Bertz CT molecular complexity index is 620. The first-order valence-electron chi connectivity index (χ1n) is 5.29. The number of alkyl halides is 3. The van der Waals surface area contributed by atoms with Gasteiger partial charge in [-0.15, -0.1) is 10.2 Å². The molecule has 0 aliphatic carbocycles. The molecule has 0 aliphatic heterocycles. The highest BCUT2D eigenvalue weighted by Gasteiger charge is 2.30. The minimum absolute atomic E-state index is 0.0211. The molecule has 20 heavy (non-hydrogen) atoms. The minimum Gasteiger partial charge on any atom is -0.258 e. The Kier molecular flexibility index (Phi) is 3.38. The zero-order chi connectivity index (χ0) is 14.9. The molecule has 108 valence electrons. The van der Waals surface area contributed by atoms with E-state index in [4.69, 9.17) is 0 Å². The van der Waals surface area contributed by atoms with Crippen LogP contribution >= 0.6 is 0 Å². The fourth-order valence-corrected chi connectivity index (χ4v) is 1.40.